The first-order valence-corrected chi connectivity index (χ1v) is 8.73. The van der Waals surface area contributed by atoms with E-state index in [1.807, 2.05) is 44.4 Å². The SMILES string of the molecule is COc1ncnc(OC)c1/C=C1\CN(C)C[C@]12C(=O)N(C)c1ccccc12. The lowest BCUT2D eigenvalue weighted by Gasteiger charge is -2.24. The minimum absolute atomic E-state index is 0.0779. The third-order valence-electron chi connectivity index (χ3n) is 5.41. The van der Waals surface area contributed by atoms with Crippen molar-refractivity contribution in [3.05, 3.63) is 47.3 Å². The Hall–Kier alpha value is -2.93. The molecule has 1 fully saturated rings. The highest BCUT2D eigenvalue weighted by molar-refractivity contribution is 6.11. The van der Waals surface area contributed by atoms with Gasteiger partial charge in [0.15, 0.2) is 0 Å². The van der Waals surface area contributed by atoms with Gasteiger partial charge in [0.25, 0.3) is 0 Å². The molecule has 2 aromatic rings. The van der Waals surface area contributed by atoms with E-state index in [2.05, 4.69) is 14.9 Å². The smallest absolute Gasteiger partial charge is 0.242 e. The molecule has 0 aliphatic carbocycles. The number of methoxy groups -OCH3 is 2. The second-order valence-corrected chi connectivity index (χ2v) is 6.93. The first-order chi connectivity index (χ1) is 13.0. The molecule has 0 bridgehead atoms. The van der Waals surface area contributed by atoms with Crippen molar-refractivity contribution >= 4 is 17.7 Å². The van der Waals surface area contributed by atoms with Crippen molar-refractivity contribution < 1.29 is 14.3 Å². The summed E-state index contributed by atoms with van der Waals surface area (Å²) in [6.07, 6.45) is 3.36. The number of fused-ring (bicyclic) bond motifs is 2. The van der Waals surface area contributed by atoms with Crippen LogP contribution in [-0.2, 0) is 10.2 Å². The number of rotatable bonds is 3. The van der Waals surface area contributed by atoms with Crippen molar-refractivity contribution in [1.29, 1.82) is 0 Å². The van der Waals surface area contributed by atoms with Gasteiger partial charge in [0.1, 0.15) is 11.7 Å². The molecule has 7 heteroatoms. The van der Waals surface area contributed by atoms with Crippen LogP contribution in [0.2, 0.25) is 0 Å². The highest BCUT2D eigenvalue weighted by Gasteiger charge is 2.55. The molecule has 1 saturated heterocycles. The van der Waals surface area contributed by atoms with Crippen molar-refractivity contribution in [2.45, 2.75) is 5.41 Å². The number of likely N-dealkylation sites (tertiary alicyclic amines) is 1. The quantitative estimate of drug-likeness (QED) is 0.824. The molecule has 1 aromatic carbocycles. The number of carbonyl (C=O) groups is 1. The number of ether oxygens (including phenoxy) is 2. The first-order valence-electron chi connectivity index (χ1n) is 8.73. The van der Waals surface area contributed by atoms with Gasteiger partial charge in [-0.1, -0.05) is 18.2 Å². The summed E-state index contributed by atoms with van der Waals surface area (Å²) >= 11 is 0. The molecular weight excluding hydrogens is 344 g/mol. The number of hydrogen-bond acceptors (Lipinski definition) is 6. The van der Waals surface area contributed by atoms with Gasteiger partial charge in [-0.2, -0.15) is 0 Å². The van der Waals surface area contributed by atoms with E-state index in [9.17, 15) is 4.79 Å². The maximum atomic E-state index is 13.4. The molecule has 2 aliphatic heterocycles. The molecule has 140 valence electrons. The fourth-order valence-electron chi connectivity index (χ4n) is 4.25. The molecule has 1 amide bonds. The van der Waals surface area contributed by atoms with Gasteiger partial charge in [0, 0.05) is 25.8 Å². The number of anilines is 1. The molecule has 0 radical (unpaired) electrons. The third kappa shape index (κ3) is 2.42. The summed E-state index contributed by atoms with van der Waals surface area (Å²) < 4.78 is 10.8. The largest absolute Gasteiger partial charge is 0.480 e. The van der Waals surface area contributed by atoms with Crippen LogP contribution in [0.15, 0.2) is 36.2 Å². The summed E-state index contributed by atoms with van der Waals surface area (Å²) in [5, 5.41) is 0. The second kappa shape index (κ2) is 6.35. The van der Waals surface area contributed by atoms with Gasteiger partial charge >= 0.3 is 0 Å². The van der Waals surface area contributed by atoms with E-state index in [4.69, 9.17) is 9.47 Å². The summed E-state index contributed by atoms with van der Waals surface area (Å²) in [7, 11) is 6.97. The van der Waals surface area contributed by atoms with Crippen LogP contribution in [-0.4, -0.2) is 62.2 Å². The van der Waals surface area contributed by atoms with Crippen LogP contribution in [0.1, 0.15) is 11.1 Å². The van der Waals surface area contributed by atoms with E-state index >= 15 is 0 Å². The number of aromatic nitrogens is 2. The van der Waals surface area contributed by atoms with Gasteiger partial charge in [-0.15, -0.1) is 0 Å². The molecule has 0 N–H and O–H groups in total. The predicted octanol–water partition coefficient (Wildman–Crippen LogP) is 1.74. The number of carbonyl (C=O) groups excluding carboxylic acids is 1. The molecule has 1 aromatic heterocycles. The maximum absolute atomic E-state index is 13.4. The molecule has 1 atom stereocenters. The number of hydrogen-bond donors (Lipinski definition) is 0. The van der Waals surface area contributed by atoms with Gasteiger partial charge in [0.2, 0.25) is 17.7 Å². The fourth-order valence-corrected chi connectivity index (χ4v) is 4.25. The standard InChI is InChI=1S/C20H22N4O3/c1-23-10-13(9-14-17(26-3)21-12-22-18(14)27-4)20(11-23)15-7-5-6-8-16(15)24(2)19(20)25/h5-9,12H,10-11H2,1-4H3/b13-9+/t20-/m0/s1. The number of benzene rings is 1. The lowest BCUT2D eigenvalue weighted by molar-refractivity contribution is -0.121. The Morgan fingerprint density at radius 3 is 2.44 bits per heavy atom. The van der Waals surface area contributed by atoms with Crippen molar-refractivity contribution in [3.63, 3.8) is 0 Å². The maximum Gasteiger partial charge on any atom is 0.242 e. The van der Waals surface area contributed by atoms with Crippen molar-refractivity contribution in [2.75, 3.05) is 46.3 Å². The van der Waals surface area contributed by atoms with Crippen LogP contribution in [0, 0.1) is 0 Å². The van der Waals surface area contributed by atoms with E-state index < -0.39 is 5.41 Å². The average Bonchev–Trinajstić information content (AvgIpc) is 3.13. The summed E-state index contributed by atoms with van der Waals surface area (Å²) in [5.74, 6) is 0.923. The minimum atomic E-state index is -0.716. The van der Waals surface area contributed by atoms with Crippen molar-refractivity contribution in [1.82, 2.24) is 14.9 Å². The molecule has 0 unspecified atom stereocenters. The number of likely N-dealkylation sites (N-methyl/N-ethyl adjacent to an activating group) is 2. The molecule has 0 saturated carbocycles. The molecule has 4 rings (SSSR count). The third-order valence-corrected chi connectivity index (χ3v) is 5.41. The Morgan fingerprint density at radius 2 is 1.78 bits per heavy atom. The van der Waals surface area contributed by atoms with Gasteiger partial charge in [0.05, 0.1) is 19.8 Å². The monoisotopic (exact) mass is 366 g/mol. The Bertz CT molecular complexity index is 920. The van der Waals surface area contributed by atoms with E-state index in [1.165, 1.54) is 6.33 Å². The van der Waals surface area contributed by atoms with E-state index in [0.29, 0.717) is 30.4 Å². The van der Waals surface area contributed by atoms with Gasteiger partial charge < -0.3 is 19.3 Å². The van der Waals surface area contributed by atoms with E-state index in [1.54, 1.807) is 19.1 Å². The van der Waals surface area contributed by atoms with Crippen molar-refractivity contribution in [2.24, 2.45) is 0 Å². The highest BCUT2D eigenvalue weighted by Crippen LogP contribution is 2.50. The van der Waals surface area contributed by atoms with Gasteiger partial charge in [-0.3, -0.25) is 4.79 Å². The van der Waals surface area contributed by atoms with Gasteiger partial charge in [-0.25, -0.2) is 9.97 Å². The highest BCUT2D eigenvalue weighted by atomic mass is 16.5. The lowest BCUT2D eigenvalue weighted by Crippen LogP contribution is -2.41. The van der Waals surface area contributed by atoms with Crippen molar-refractivity contribution in [3.8, 4) is 11.8 Å². The molecule has 7 nitrogen and oxygen atoms in total. The molecule has 1 spiro atoms. The van der Waals surface area contributed by atoms with Crippen LogP contribution in [0.5, 0.6) is 11.8 Å². The van der Waals surface area contributed by atoms with Crippen LogP contribution < -0.4 is 14.4 Å². The zero-order chi connectivity index (χ0) is 19.2. The zero-order valence-electron chi connectivity index (χ0n) is 15.9. The summed E-state index contributed by atoms with van der Waals surface area (Å²) in [6, 6.07) is 7.97. The summed E-state index contributed by atoms with van der Waals surface area (Å²) in [4.78, 5) is 25.7. The Morgan fingerprint density at radius 1 is 1.11 bits per heavy atom. The van der Waals surface area contributed by atoms with Gasteiger partial charge in [-0.05, 0) is 30.3 Å². The Kier molecular flexibility index (Phi) is 4.11. The zero-order valence-corrected chi connectivity index (χ0v) is 15.9. The second-order valence-electron chi connectivity index (χ2n) is 6.93. The molecular formula is C20H22N4O3. The topological polar surface area (TPSA) is 67.8 Å². The van der Waals surface area contributed by atoms with E-state index in [0.717, 1.165) is 16.8 Å². The number of para-hydroxylation sites is 1. The number of nitrogens with zero attached hydrogens (tertiary/aromatic N) is 4. The molecule has 27 heavy (non-hydrogen) atoms. The first kappa shape index (κ1) is 17.5. The van der Waals surface area contributed by atoms with Crippen LogP contribution in [0.25, 0.3) is 6.08 Å². The average molecular weight is 366 g/mol. The fraction of sp³-hybridized carbons (Fsp3) is 0.350. The Labute approximate surface area is 158 Å². The lowest BCUT2D eigenvalue weighted by atomic mass is 9.76. The predicted molar refractivity (Wildman–Crippen MR) is 102 cm³/mol. The minimum Gasteiger partial charge on any atom is -0.480 e. The Balaban J connectivity index is 1.95. The summed E-state index contributed by atoms with van der Waals surface area (Å²) in [5.41, 5.74) is 2.89. The van der Waals surface area contributed by atoms with E-state index in [-0.39, 0.29) is 5.91 Å². The van der Waals surface area contributed by atoms with Crippen LogP contribution in [0.3, 0.4) is 0 Å². The molecule has 3 heterocycles. The number of amides is 1. The molecule has 2 aliphatic rings. The normalized spacial score (nSPS) is 23.3. The summed E-state index contributed by atoms with van der Waals surface area (Å²) in [6.45, 7) is 1.28. The van der Waals surface area contributed by atoms with Crippen LogP contribution in [0.4, 0.5) is 5.69 Å². The van der Waals surface area contributed by atoms with Crippen LogP contribution >= 0.6 is 0 Å².